The minimum Gasteiger partial charge on any atom is -0.396 e. The van der Waals surface area contributed by atoms with Crippen molar-refractivity contribution in [1.82, 2.24) is 14.8 Å². The Bertz CT molecular complexity index is 931. The average Bonchev–Trinajstić information content (AvgIpc) is 3.08. The molecule has 2 N–H and O–H groups in total. The smallest absolute Gasteiger partial charge is 0.245 e. The Kier molecular flexibility index (Phi) is 5.85. The number of rotatable bonds is 7. The summed E-state index contributed by atoms with van der Waals surface area (Å²) in [4.78, 5) is 27.2. The third-order valence-electron chi connectivity index (χ3n) is 6.01. The van der Waals surface area contributed by atoms with E-state index in [0.29, 0.717) is 12.8 Å². The van der Waals surface area contributed by atoms with Crippen LogP contribution in [0.1, 0.15) is 32.8 Å². The largest absolute Gasteiger partial charge is 0.396 e. The van der Waals surface area contributed by atoms with Crippen LogP contribution in [-0.4, -0.2) is 52.1 Å². The lowest BCUT2D eigenvalue weighted by atomic mass is 9.95. The molecule has 1 aliphatic heterocycles. The van der Waals surface area contributed by atoms with Gasteiger partial charge < -0.3 is 19.9 Å². The number of aromatic nitrogens is 1. The van der Waals surface area contributed by atoms with Crippen LogP contribution in [0.3, 0.4) is 0 Å². The molecule has 6 heteroatoms. The third kappa shape index (κ3) is 3.94. The number of aliphatic hydroxyl groups excluding tert-OH is 1. The van der Waals surface area contributed by atoms with Crippen molar-refractivity contribution in [2.45, 2.75) is 51.2 Å². The number of hydrogen-bond donors (Lipinski definition) is 2. The van der Waals surface area contributed by atoms with Gasteiger partial charge in [0.05, 0.1) is 5.54 Å². The lowest BCUT2D eigenvalue weighted by Crippen LogP contribution is -2.62. The van der Waals surface area contributed by atoms with E-state index in [1.165, 1.54) is 4.90 Å². The van der Waals surface area contributed by atoms with Crippen LogP contribution in [0, 0.1) is 5.92 Å². The maximum Gasteiger partial charge on any atom is 0.245 e. The van der Waals surface area contributed by atoms with Gasteiger partial charge in [0.15, 0.2) is 0 Å². The van der Waals surface area contributed by atoms with E-state index < -0.39 is 12.1 Å². The predicted octanol–water partition coefficient (Wildman–Crippen LogP) is 2.45. The highest BCUT2D eigenvalue weighted by Gasteiger charge is 2.39. The number of para-hydroxylation sites is 1. The van der Waals surface area contributed by atoms with E-state index in [4.69, 9.17) is 0 Å². The molecule has 2 aromatic rings. The van der Waals surface area contributed by atoms with Gasteiger partial charge in [-0.15, -0.1) is 6.58 Å². The number of carbonyl (C=O) groups excluding carboxylic acids is 2. The molecule has 3 atom stereocenters. The van der Waals surface area contributed by atoms with Gasteiger partial charge in [-0.1, -0.05) is 31.2 Å². The molecule has 1 saturated heterocycles. The van der Waals surface area contributed by atoms with Crippen molar-refractivity contribution in [1.29, 1.82) is 0 Å². The van der Waals surface area contributed by atoms with Gasteiger partial charge in [0, 0.05) is 37.2 Å². The molecule has 0 aliphatic carbocycles. The number of nitrogens with one attached hydrogen (secondary N) is 1. The zero-order valence-electron chi connectivity index (χ0n) is 17.7. The fourth-order valence-corrected chi connectivity index (χ4v) is 3.97. The van der Waals surface area contributed by atoms with Crippen LogP contribution in [0.25, 0.3) is 10.9 Å². The van der Waals surface area contributed by atoms with Crippen molar-refractivity contribution in [3.8, 4) is 0 Å². The van der Waals surface area contributed by atoms with E-state index >= 15 is 0 Å². The molecule has 1 aromatic heterocycles. The van der Waals surface area contributed by atoms with E-state index in [1.807, 2.05) is 31.2 Å². The van der Waals surface area contributed by atoms with Crippen LogP contribution >= 0.6 is 0 Å². The number of likely N-dealkylation sites (N-methyl/N-ethyl adjacent to an activating group) is 1. The molecule has 3 rings (SSSR count). The van der Waals surface area contributed by atoms with Gasteiger partial charge >= 0.3 is 0 Å². The minimum absolute atomic E-state index is 0.00612. The number of amides is 2. The average molecular weight is 398 g/mol. The number of hydrogen-bond acceptors (Lipinski definition) is 3. The first-order valence-corrected chi connectivity index (χ1v) is 10.1. The van der Waals surface area contributed by atoms with E-state index in [2.05, 4.69) is 42.6 Å². The van der Waals surface area contributed by atoms with Crippen molar-refractivity contribution < 1.29 is 14.7 Å². The number of nitrogens with zero attached hydrogens (tertiary/aromatic N) is 2. The van der Waals surface area contributed by atoms with E-state index in [0.717, 1.165) is 16.5 Å². The summed E-state index contributed by atoms with van der Waals surface area (Å²) in [6, 6.07) is 6.95. The second kappa shape index (κ2) is 8.03. The highest BCUT2D eigenvalue weighted by Crippen LogP contribution is 2.30. The Morgan fingerprint density at radius 3 is 2.66 bits per heavy atom. The molecule has 1 aromatic carbocycles. The number of allylic oxidation sites excluding steroid dienone is 1. The molecule has 0 unspecified atom stereocenters. The van der Waals surface area contributed by atoms with Crippen molar-refractivity contribution in [2.24, 2.45) is 5.92 Å². The zero-order chi connectivity index (χ0) is 21.3. The van der Waals surface area contributed by atoms with Crippen molar-refractivity contribution >= 4 is 22.7 Å². The van der Waals surface area contributed by atoms with Crippen LogP contribution < -0.4 is 5.32 Å². The SMILES string of the molecule is C=CC(C)(C)n1cc(C[C@@H]2NC(=O)[C@H](C[C@@H](C)CO)N(C)C2=O)c2ccccc21. The summed E-state index contributed by atoms with van der Waals surface area (Å²) in [5.74, 6) is -0.302. The molecule has 0 bridgehead atoms. The molecular formula is C23H31N3O3. The molecule has 0 radical (unpaired) electrons. The topological polar surface area (TPSA) is 74.6 Å². The lowest BCUT2D eigenvalue weighted by Gasteiger charge is -2.37. The van der Waals surface area contributed by atoms with Gasteiger partial charge in [0.25, 0.3) is 0 Å². The number of piperazine rings is 1. The summed E-state index contributed by atoms with van der Waals surface area (Å²) >= 11 is 0. The quantitative estimate of drug-likeness (QED) is 0.705. The van der Waals surface area contributed by atoms with Crippen molar-refractivity contribution in [2.75, 3.05) is 13.7 Å². The molecule has 29 heavy (non-hydrogen) atoms. The van der Waals surface area contributed by atoms with Gasteiger partial charge in [0.2, 0.25) is 11.8 Å². The summed E-state index contributed by atoms with van der Waals surface area (Å²) in [7, 11) is 1.67. The van der Waals surface area contributed by atoms with Gasteiger partial charge in [-0.2, -0.15) is 0 Å². The van der Waals surface area contributed by atoms with Crippen molar-refractivity contribution in [3.05, 3.63) is 48.7 Å². The monoisotopic (exact) mass is 397 g/mol. The fourth-order valence-electron chi connectivity index (χ4n) is 3.97. The normalized spacial score (nSPS) is 21.3. The summed E-state index contributed by atoms with van der Waals surface area (Å²) in [5.41, 5.74) is 1.81. The second-order valence-corrected chi connectivity index (χ2v) is 8.65. The van der Waals surface area contributed by atoms with Crippen molar-refractivity contribution in [3.63, 3.8) is 0 Å². The van der Waals surface area contributed by atoms with Gasteiger partial charge in [-0.05, 0) is 37.8 Å². The highest BCUT2D eigenvalue weighted by molar-refractivity contribution is 5.97. The van der Waals surface area contributed by atoms with Crippen LogP contribution in [0.4, 0.5) is 0 Å². The Hall–Kier alpha value is -2.60. The number of fused-ring (bicyclic) bond motifs is 1. The Labute approximate surface area is 172 Å². The standard InChI is InChI=1S/C23H31N3O3/c1-6-23(3,4)26-13-16(17-9-7-8-10-19(17)26)12-18-22(29)25(5)20(21(28)24-18)11-15(2)14-27/h6-10,13,15,18,20,27H,1,11-12,14H2,2-5H3,(H,24,28)/t15-,18+,20+/m1/s1. The van der Waals surface area contributed by atoms with Crippen LogP contribution in [0.2, 0.25) is 0 Å². The highest BCUT2D eigenvalue weighted by atomic mass is 16.3. The summed E-state index contributed by atoms with van der Waals surface area (Å²) in [5, 5.41) is 13.3. The summed E-state index contributed by atoms with van der Waals surface area (Å²) in [6.45, 7) is 9.99. The molecule has 2 heterocycles. The molecule has 6 nitrogen and oxygen atoms in total. The first-order valence-electron chi connectivity index (χ1n) is 10.1. The van der Waals surface area contributed by atoms with Crippen LogP contribution in [0.5, 0.6) is 0 Å². The van der Waals surface area contributed by atoms with Crippen LogP contribution in [-0.2, 0) is 21.5 Å². The third-order valence-corrected chi connectivity index (χ3v) is 6.01. The van der Waals surface area contributed by atoms with E-state index in [1.54, 1.807) is 7.05 Å². The molecule has 0 saturated carbocycles. The first kappa shape index (κ1) is 21.1. The maximum absolute atomic E-state index is 13.0. The van der Waals surface area contributed by atoms with E-state index in [9.17, 15) is 14.7 Å². The number of carbonyl (C=O) groups is 2. The second-order valence-electron chi connectivity index (χ2n) is 8.65. The molecule has 156 valence electrons. The Morgan fingerprint density at radius 2 is 2.00 bits per heavy atom. The molecule has 2 amide bonds. The summed E-state index contributed by atoms with van der Waals surface area (Å²) in [6.07, 6.45) is 4.84. The summed E-state index contributed by atoms with van der Waals surface area (Å²) < 4.78 is 2.16. The Balaban J connectivity index is 1.89. The first-order chi connectivity index (χ1) is 13.7. The Morgan fingerprint density at radius 1 is 1.31 bits per heavy atom. The van der Waals surface area contributed by atoms with Gasteiger partial charge in [-0.3, -0.25) is 9.59 Å². The van der Waals surface area contributed by atoms with Gasteiger partial charge in [0.1, 0.15) is 12.1 Å². The molecule has 1 fully saturated rings. The minimum atomic E-state index is -0.598. The molecule has 0 spiro atoms. The zero-order valence-corrected chi connectivity index (χ0v) is 17.7. The maximum atomic E-state index is 13.0. The van der Waals surface area contributed by atoms with Crippen LogP contribution in [0.15, 0.2) is 43.1 Å². The number of benzene rings is 1. The molecule has 1 aliphatic rings. The van der Waals surface area contributed by atoms with Gasteiger partial charge in [-0.25, -0.2) is 0 Å². The van der Waals surface area contributed by atoms with E-state index in [-0.39, 0.29) is 29.9 Å². The number of aliphatic hydroxyl groups is 1. The lowest BCUT2D eigenvalue weighted by molar-refractivity contribution is -0.148. The fraction of sp³-hybridized carbons (Fsp3) is 0.478. The molecular weight excluding hydrogens is 366 g/mol. The predicted molar refractivity (Wildman–Crippen MR) is 115 cm³/mol.